The van der Waals surface area contributed by atoms with Crippen LogP contribution in [-0.2, 0) is 14.6 Å². The maximum absolute atomic E-state index is 12.2. The molecule has 9 heteroatoms. The Bertz CT molecular complexity index is 491. The fourth-order valence-corrected chi connectivity index (χ4v) is 4.15. The molecule has 1 fully saturated rings. The third-order valence-corrected chi connectivity index (χ3v) is 4.97. The average molecular weight is 321 g/mol. The van der Waals surface area contributed by atoms with Crippen molar-refractivity contribution in [2.75, 3.05) is 38.7 Å². The van der Waals surface area contributed by atoms with Gasteiger partial charge in [-0.05, 0) is 27.4 Å². The Hall–Kier alpha value is -1.35. The predicted molar refractivity (Wildman–Crippen MR) is 77.9 cm³/mol. The maximum atomic E-state index is 12.2. The number of sulfone groups is 1. The highest BCUT2D eigenvalue weighted by Crippen LogP contribution is 2.17. The number of hydrogen-bond acceptors (Lipinski definition) is 5. The van der Waals surface area contributed by atoms with E-state index in [2.05, 4.69) is 5.32 Å². The zero-order valence-electron chi connectivity index (χ0n) is 12.6. The molecule has 2 atom stereocenters. The quantitative estimate of drug-likeness (QED) is 0.664. The highest BCUT2D eigenvalue weighted by Gasteiger charge is 2.35. The minimum atomic E-state index is -3.18. The molecular formula is C12H23N3O5S. The first-order valence-electron chi connectivity index (χ1n) is 6.75. The molecule has 0 radical (unpaired) electrons. The monoisotopic (exact) mass is 321 g/mol. The van der Waals surface area contributed by atoms with E-state index in [0.717, 1.165) is 4.90 Å². The molecule has 2 unspecified atom stereocenters. The number of urea groups is 1. The Morgan fingerprint density at radius 1 is 1.38 bits per heavy atom. The van der Waals surface area contributed by atoms with Gasteiger partial charge in [0.2, 0.25) is 0 Å². The Morgan fingerprint density at radius 2 is 2.00 bits per heavy atom. The lowest BCUT2D eigenvalue weighted by molar-refractivity contribution is -0.138. The molecule has 2 N–H and O–H groups in total. The van der Waals surface area contributed by atoms with Crippen molar-refractivity contribution >= 4 is 21.8 Å². The largest absolute Gasteiger partial charge is 0.480 e. The van der Waals surface area contributed by atoms with E-state index in [1.165, 1.54) is 0 Å². The zero-order chi connectivity index (χ0) is 16.2. The Balaban J connectivity index is 2.73. The molecule has 1 rings (SSSR count). The van der Waals surface area contributed by atoms with Crippen molar-refractivity contribution < 1.29 is 23.1 Å². The summed E-state index contributed by atoms with van der Waals surface area (Å²) in [4.78, 5) is 26.1. The number of nitrogens with one attached hydrogen (secondary N) is 1. The highest BCUT2D eigenvalue weighted by molar-refractivity contribution is 7.91. The van der Waals surface area contributed by atoms with Gasteiger partial charge in [-0.3, -0.25) is 4.79 Å². The van der Waals surface area contributed by atoms with Gasteiger partial charge >= 0.3 is 12.0 Å². The zero-order valence-corrected chi connectivity index (χ0v) is 13.4. The van der Waals surface area contributed by atoms with Crippen LogP contribution in [0.25, 0.3) is 0 Å². The fraction of sp³-hybridized carbons (Fsp3) is 0.833. The van der Waals surface area contributed by atoms with Gasteiger partial charge in [-0.15, -0.1) is 0 Å². The van der Waals surface area contributed by atoms with Gasteiger partial charge in [-0.2, -0.15) is 0 Å². The van der Waals surface area contributed by atoms with Crippen molar-refractivity contribution in [1.82, 2.24) is 15.1 Å². The van der Waals surface area contributed by atoms with Gasteiger partial charge in [0.1, 0.15) is 6.54 Å². The summed E-state index contributed by atoms with van der Waals surface area (Å²) in [6, 6.07) is -1.27. The third-order valence-electron chi connectivity index (χ3n) is 3.22. The molecule has 0 aromatic heterocycles. The molecule has 0 aromatic carbocycles. The predicted octanol–water partition coefficient (Wildman–Crippen LogP) is -0.780. The summed E-state index contributed by atoms with van der Waals surface area (Å²) in [7, 11) is 0.545. The molecule has 1 saturated heterocycles. The molecule has 1 aliphatic rings. The number of rotatable bonds is 6. The summed E-state index contributed by atoms with van der Waals surface area (Å²) in [5, 5.41) is 11.6. The SMILES string of the molecule is CC(CN(C)C)NC(=O)N(CC(=O)O)C1CCS(=O)(=O)C1. The van der Waals surface area contributed by atoms with E-state index in [0.29, 0.717) is 6.54 Å². The molecule has 122 valence electrons. The standard InChI is InChI=1S/C12H23N3O5S/c1-9(6-14(2)3)13-12(18)15(7-11(16)17)10-4-5-21(19,20)8-10/h9-10H,4-8H2,1-3H3,(H,13,18)(H,16,17). The van der Waals surface area contributed by atoms with E-state index in [-0.39, 0.29) is 24.0 Å². The lowest BCUT2D eigenvalue weighted by Crippen LogP contribution is -2.52. The smallest absolute Gasteiger partial charge is 0.323 e. The van der Waals surface area contributed by atoms with Crippen molar-refractivity contribution in [2.45, 2.75) is 25.4 Å². The minimum Gasteiger partial charge on any atom is -0.480 e. The van der Waals surface area contributed by atoms with Gasteiger partial charge in [-0.25, -0.2) is 13.2 Å². The van der Waals surface area contributed by atoms with Gasteiger partial charge in [0.25, 0.3) is 0 Å². The average Bonchev–Trinajstić information content (AvgIpc) is 2.64. The summed E-state index contributed by atoms with van der Waals surface area (Å²) < 4.78 is 23.0. The van der Waals surface area contributed by atoms with Gasteiger partial charge in [0.05, 0.1) is 11.5 Å². The molecular weight excluding hydrogens is 298 g/mol. The Labute approximate surface area is 125 Å². The highest BCUT2D eigenvalue weighted by atomic mass is 32.2. The van der Waals surface area contributed by atoms with E-state index < -0.39 is 34.4 Å². The minimum absolute atomic E-state index is 0.00564. The van der Waals surface area contributed by atoms with Crippen LogP contribution in [0.2, 0.25) is 0 Å². The van der Waals surface area contributed by atoms with Gasteiger partial charge in [0.15, 0.2) is 9.84 Å². The third kappa shape index (κ3) is 5.88. The van der Waals surface area contributed by atoms with Crippen molar-refractivity contribution in [3.63, 3.8) is 0 Å². The first-order chi connectivity index (χ1) is 9.60. The second kappa shape index (κ2) is 7.08. The molecule has 0 aromatic rings. The van der Waals surface area contributed by atoms with E-state index in [1.807, 2.05) is 25.9 Å². The molecule has 0 saturated carbocycles. The number of carbonyl (C=O) groups is 2. The van der Waals surface area contributed by atoms with E-state index in [1.54, 1.807) is 0 Å². The van der Waals surface area contributed by atoms with Gasteiger partial charge < -0.3 is 20.2 Å². The number of hydrogen-bond donors (Lipinski definition) is 2. The van der Waals surface area contributed by atoms with Gasteiger partial charge in [0, 0.05) is 18.6 Å². The summed E-state index contributed by atoms with van der Waals surface area (Å²) >= 11 is 0. The van der Waals surface area contributed by atoms with Crippen LogP contribution in [0.3, 0.4) is 0 Å². The Morgan fingerprint density at radius 3 is 2.43 bits per heavy atom. The first kappa shape index (κ1) is 17.7. The van der Waals surface area contributed by atoms with Crippen molar-refractivity contribution in [2.24, 2.45) is 0 Å². The second-order valence-corrected chi connectivity index (χ2v) is 7.92. The van der Waals surface area contributed by atoms with Crippen LogP contribution in [0.5, 0.6) is 0 Å². The van der Waals surface area contributed by atoms with Crippen LogP contribution in [0, 0.1) is 0 Å². The van der Waals surface area contributed by atoms with Crippen LogP contribution in [0.15, 0.2) is 0 Å². The lowest BCUT2D eigenvalue weighted by atomic mass is 10.2. The summed E-state index contributed by atoms with van der Waals surface area (Å²) in [6.45, 7) is 1.92. The molecule has 8 nitrogen and oxygen atoms in total. The normalized spacial score (nSPS) is 22.0. The maximum Gasteiger partial charge on any atom is 0.323 e. The summed E-state index contributed by atoms with van der Waals surface area (Å²) in [6.07, 6.45) is 0.283. The molecule has 0 bridgehead atoms. The van der Waals surface area contributed by atoms with Crippen LogP contribution >= 0.6 is 0 Å². The van der Waals surface area contributed by atoms with Crippen LogP contribution < -0.4 is 5.32 Å². The first-order valence-corrected chi connectivity index (χ1v) is 8.57. The fourth-order valence-electron chi connectivity index (χ4n) is 2.42. The number of nitrogens with zero attached hydrogens (tertiary/aromatic N) is 2. The Kier molecular flexibility index (Phi) is 5.97. The van der Waals surface area contributed by atoms with E-state index in [9.17, 15) is 18.0 Å². The number of carboxylic acid groups (broad SMARTS) is 1. The topological polar surface area (TPSA) is 107 Å². The van der Waals surface area contributed by atoms with Crippen molar-refractivity contribution in [1.29, 1.82) is 0 Å². The van der Waals surface area contributed by atoms with E-state index in [4.69, 9.17) is 5.11 Å². The number of carbonyl (C=O) groups excluding carboxylic acids is 1. The number of carboxylic acids is 1. The van der Waals surface area contributed by atoms with Crippen molar-refractivity contribution in [3.05, 3.63) is 0 Å². The number of likely N-dealkylation sites (N-methyl/N-ethyl adjacent to an activating group) is 1. The van der Waals surface area contributed by atoms with Crippen molar-refractivity contribution in [3.8, 4) is 0 Å². The molecule has 1 aliphatic heterocycles. The molecule has 2 amide bonds. The second-order valence-electron chi connectivity index (χ2n) is 5.69. The molecule has 21 heavy (non-hydrogen) atoms. The molecule has 1 heterocycles. The summed E-state index contributed by atoms with van der Waals surface area (Å²) in [5.74, 6) is -1.33. The van der Waals surface area contributed by atoms with E-state index >= 15 is 0 Å². The number of amides is 2. The molecule has 0 aliphatic carbocycles. The van der Waals surface area contributed by atoms with Crippen LogP contribution in [0.4, 0.5) is 4.79 Å². The van der Waals surface area contributed by atoms with Gasteiger partial charge in [-0.1, -0.05) is 0 Å². The number of aliphatic carboxylic acids is 1. The lowest BCUT2D eigenvalue weighted by Gasteiger charge is -2.29. The summed E-state index contributed by atoms with van der Waals surface area (Å²) in [5.41, 5.74) is 0. The van der Waals surface area contributed by atoms with Crippen LogP contribution in [0.1, 0.15) is 13.3 Å². The van der Waals surface area contributed by atoms with Crippen LogP contribution in [-0.4, -0.2) is 86.1 Å². The molecule has 0 spiro atoms.